The van der Waals surface area contributed by atoms with Gasteiger partial charge in [0.05, 0.1) is 28.3 Å². The maximum absolute atomic E-state index is 15.7. The fraction of sp³-hybridized carbons (Fsp3) is 0.0238. The molecule has 7 heteroatoms. The van der Waals surface area contributed by atoms with Gasteiger partial charge in [-0.25, -0.2) is 0 Å². The van der Waals surface area contributed by atoms with Gasteiger partial charge < -0.3 is 19.5 Å². The number of nitrogens with zero attached hydrogens (tertiary/aromatic N) is 1. The summed E-state index contributed by atoms with van der Waals surface area (Å²) < 4.78 is 15.7. The lowest BCUT2D eigenvalue weighted by atomic mass is 9.92. The molecule has 0 saturated carbocycles. The maximum atomic E-state index is 15.7. The molecule has 2 N–H and O–H groups in total. The van der Waals surface area contributed by atoms with E-state index in [1.807, 2.05) is 42.5 Å². The van der Waals surface area contributed by atoms with Crippen molar-refractivity contribution in [1.82, 2.24) is 15.0 Å². The van der Waals surface area contributed by atoms with E-state index in [0.717, 1.165) is 84.2 Å². The second-order valence-corrected chi connectivity index (χ2v) is 15.3. The summed E-state index contributed by atoms with van der Waals surface area (Å²) in [6.45, 7) is 0. The lowest BCUT2D eigenvalue weighted by Crippen LogP contribution is -2.10. The molecule has 5 heterocycles. The molecule has 4 nitrogen and oxygen atoms in total. The number of rotatable bonds is 3. The van der Waals surface area contributed by atoms with E-state index in [1.54, 1.807) is 0 Å². The zero-order chi connectivity index (χ0) is 33.4. The third-order valence-corrected chi connectivity index (χ3v) is 12.1. The Labute approximate surface area is 295 Å². The van der Waals surface area contributed by atoms with Crippen molar-refractivity contribution < 1.29 is 4.57 Å². The standard InChI is InChI=1S/C41H28N3OP.CH2Cl2/c45-46(31-15-8-3-9-16-31)38-25-29-19-21-34(42-29)40(27-11-4-1-5-12-27)36-23-24-37(44-36)41(28-13-6-2-7-14-28)35-22-20-30(43-35)26-39(46)33-18-10-17-32(33)38;2-1-3/h1-26,42-43H;1H2. The number of benzene rings is 3. The molecule has 2 aliphatic heterocycles. The lowest BCUT2D eigenvalue weighted by Gasteiger charge is -2.22. The third kappa shape index (κ3) is 5.53. The summed E-state index contributed by atoms with van der Waals surface area (Å²) in [5.41, 5.74) is 9.59. The van der Waals surface area contributed by atoms with Crippen LogP contribution in [0.4, 0.5) is 0 Å². The molecule has 49 heavy (non-hydrogen) atoms. The van der Waals surface area contributed by atoms with Crippen LogP contribution in [-0.4, -0.2) is 15.3 Å². The Morgan fingerprint density at radius 2 is 1.12 bits per heavy atom. The normalized spacial score (nSPS) is 16.4. The van der Waals surface area contributed by atoms with Gasteiger partial charge >= 0.3 is 0 Å². The van der Waals surface area contributed by atoms with Crippen molar-refractivity contribution in [2.24, 2.45) is 0 Å². The van der Waals surface area contributed by atoms with Crippen LogP contribution in [0.5, 0.6) is 0 Å². The Kier molecular flexibility index (Phi) is 8.31. The van der Waals surface area contributed by atoms with Crippen LogP contribution in [0.1, 0.15) is 56.4 Å². The molecule has 9 rings (SSSR count). The van der Waals surface area contributed by atoms with Gasteiger partial charge in [0.15, 0.2) is 0 Å². The summed E-state index contributed by atoms with van der Waals surface area (Å²) in [7, 11) is -3.23. The van der Waals surface area contributed by atoms with Gasteiger partial charge in [0, 0.05) is 65.2 Å². The Hall–Kier alpha value is -5.12. The second kappa shape index (κ2) is 13.1. The van der Waals surface area contributed by atoms with Crippen molar-refractivity contribution in [3.63, 3.8) is 0 Å². The predicted octanol–water partition coefficient (Wildman–Crippen LogP) is 10.5. The van der Waals surface area contributed by atoms with E-state index >= 15 is 4.57 Å². The van der Waals surface area contributed by atoms with Gasteiger partial charge in [0.1, 0.15) is 18.5 Å². The lowest BCUT2D eigenvalue weighted by molar-refractivity contribution is 0.594. The number of aromatic amines is 2. The first-order valence-corrected chi connectivity index (χ1v) is 18.7. The highest BCUT2D eigenvalue weighted by Crippen LogP contribution is 2.74. The van der Waals surface area contributed by atoms with E-state index in [1.165, 1.54) is 0 Å². The van der Waals surface area contributed by atoms with Gasteiger partial charge in [-0.3, -0.25) is 0 Å². The number of halogens is 2. The number of alkyl halides is 2. The minimum atomic E-state index is -3.23. The highest BCUT2D eigenvalue weighted by atomic mass is 35.5. The summed E-state index contributed by atoms with van der Waals surface area (Å²) in [5.74, 6) is 2.02. The van der Waals surface area contributed by atoms with Crippen molar-refractivity contribution in [3.05, 3.63) is 214 Å². The molecule has 0 atom stereocenters. The number of hydrogen-bond acceptors (Lipinski definition) is 1. The van der Waals surface area contributed by atoms with E-state index in [9.17, 15) is 0 Å². The predicted molar refractivity (Wildman–Crippen MR) is 203 cm³/mol. The monoisotopic (exact) mass is 693 g/mol. The molecule has 0 saturated heterocycles. The molecule has 2 aliphatic rings. The SMILES string of the molecule is ClCCl.O=P1(c2ccccc2)C2=Cc3ccc([nH]3)[C+](c3ccccc3)c3ccc([n-]3)[C+](c3ccccc3)c3ccc([nH]3)C=C1[c-]1cccc12. The zero-order valence-corrected chi connectivity index (χ0v) is 28.7. The van der Waals surface area contributed by atoms with E-state index < -0.39 is 7.14 Å². The molecular formula is C42H30Cl2N3OP. The Morgan fingerprint density at radius 1 is 0.612 bits per heavy atom. The van der Waals surface area contributed by atoms with E-state index in [0.29, 0.717) is 0 Å². The van der Waals surface area contributed by atoms with Gasteiger partial charge in [-0.1, -0.05) is 48.0 Å². The average Bonchev–Trinajstić information content (AvgIpc) is 3.98. The number of nitrogens with one attached hydrogen (secondary N) is 2. The molecule has 0 amide bonds. The average molecular weight is 695 g/mol. The minimum absolute atomic E-state index is 0.194. The topological polar surface area (TPSA) is 62.8 Å². The van der Waals surface area contributed by atoms with Crippen LogP contribution in [0.3, 0.4) is 0 Å². The summed E-state index contributed by atoms with van der Waals surface area (Å²) in [5, 5.41) is 2.69. The smallest absolute Gasteiger partial charge is 0.129 e. The van der Waals surface area contributed by atoms with Crippen molar-refractivity contribution in [2.45, 2.75) is 0 Å². The quantitative estimate of drug-likeness (QED) is 0.110. The van der Waals surface area contributed by atoms with Crippen molar-refractivity contribution >= 4 is 58.4 Å². The van der Waals surface area contributed by atoms with Crippen LogP contribution in [-0.2, 0) is 4.57 Å². The molecule has 238 valence electrons. The van der Waals surface area contributed by atoms with E-state index in [2.05, 4.69) is 125 Å². The van der Waals surface area contributed by atoms with Crippen LogP contribution >= 0.6 is 30.3 Å². The molecule has 3 aromatic heterocycles. The van der Waals surface area contributed by atoms with Crippen LogP contribution in [0.15, 0.2) is 146 Å². The first-order chi connectivity index (χ1) is 24.1. The van der Waals surface area contributed by atoms with Crippen LogP contribution in [0.2, 0.25) is 0 Å². The van der Waals surface area contributed by atoms with E-state index in [4.69, 9.17) is 28.2 Å². The minimum Gasteiger partial charge on any atom is -0.628 e. The highest BCUT2D eigenvalue weighted by Gasteiger charge is 2.38. The summed E-state index contributed by atoms with van der Waals surface area (Å²) in [4.78, 5) is 12.6. The molecule has 0 spiro atoms. The number of fused-ring (bicyclic) bond motifs is 11. The fourth-order valence-corrected chi connectivity index (χ4v) is 10.0. The van der Waals surface area contributed by atoms with Crippen LogP contribution in [0.25, 0.3) is 22.8 Å². The number of H-pyrrole nitrogens is 2. The Bertz CT molecular complexity index is 2190. The largest absolute Gasteiger partial charge is 0.628 e. The van der Waals surface area contributed by atoms with Crippen LogP contribution < -0.4 is 10.3 Å². The zero-order valence-electron chi connectivity index (χ0n) is 26.3. The molecule has 4 aromatic carbocycles. The molecule has 0 aliphatic carbocycles. The van der Waals surface area contributed by atoms with Gasteiger partial charge in [-0.2, -0.15) is 12.1 Å². The summed E-state index contributed by atoms with van der Waals surface area (Å²) >= 11 is 9.53. The van der Waals surface area contributed by atoms with Gasteiger partial charge in [-0.05, 0) is 70.5 Å². The summed E-state index contributed by atoms with van der Waals surface area (Å²) in [6, 6.07) is 49.5. The van der Waals surface area contributed by atoms with Gasteiger partial charge in [0.2, 0.25) is 0 Å². The molecule has 0 radical (unpaired) electrons. The maximum Gasteiger partial charge on any atom is 0.129 e. The third-order valence-electron chi connectivity index (χ3n) is 8.98. The van der Waals surface area contributed by atoms with Gasteiger partial charge in [-0.15, -0.1) is 34.8 Å². The van der Waals surface area contributed by atoms with Crippen molar-refractivity contribution in [1.29, 1.82) is 0 Å². The molecule has 0 unspecified atom stereocenters. The number of hydrogen-bond donors (Lipinski definition) is 2. The molecular weight excluding hydrogens is 664 g/mol. The van der Waals surface area contributed by atoms with Crippen LogP contribution in [0, 0.1) is 11.8 Å². The van der Waals surface area contributed by atoms with E-state index in [-0.39, 0.29) is 5.34 Å². The second-order valence-electron chi connectivity index (χ2n) is 11.8. The Balaban J connectivity index is 0.00000112. The van der Waals surface area contributed by atoms with Gasteiger partial charge in [0.25, 0.3) is 0 Å². The molecule has 0 fully saturated rings. The Morgan fingerprint density at radius 3 is 1.67 bits per heavy atom. The fourth-order valence-electron chi connectivity index (χ4n) is 6.90. The first-order valence-electron chi connectivity index (χ1n) is 15.9. The number of aromatic nitrogens is 3. The summed E-state index contributed by atoms with van der Waals surface area (Å²) in [6.07, 6.45) is 4.16. The van der Waals surface area contributed by atoms with Crippen molar-refractivity contribution in [3.8, 4) is 0 Å². The molecule has 8 bridgehead atoms. The first kappa shape index (κ1) is 31.2. The van der Waals surface area contributed by atoms with Crippen molar-refractivity contribution in [2.75, 3.05) is 5.34 Å². The molecule has 7 aromatic rings. The highest BCUT2D eigenvalue weighted by molar-refractivity contribution is 7.91.